The Hall–Kier alpha value is -7.56. The molecule has 10 aromatic rings. The van der Waals surface area contributed by atoms with Crippen LogP contribution in [0, 0.1) is 0 Å². The molecule has 0 bridgehead atoms. The molecule has 0 radical (unpaired) electrons. The van der Waals surface area contributed by atoms with E-state index >= 15 is 0 Å². The molecule has 10 rings (SSSR count). The van der Waals surface area contributed by atoms with Crippen molar-refractivity contribution >= 4 is 82.5 Å². The molecule has 0 N–H and O–H groups in total. The van der Waals surface area contributed by atoms with Crippen molar-refractivity contribution in [1.82, 2.24) is 13.7 Å². The molecule has 0 aliphatic carbocycles. The van der Waals surface area contributed by atoms with Crippen LogP contribution in [0.5, 0.6) is 0 Å². The highest BCUT2D eigenvalue weighted by Crippen LogP contribution is 2.35. The zero-order valence-corrected chi connectivity index (χ0v) is 33.3. The summed E-state index contributed by atoms with van der Waals surface area (Å²) < 4.78 is 7.01. The van der Waals surface area contributed by atoms with Crippen molar-refractivity contribution in [3.63, 3.8) is 0 Å². The average Bonchev–Trinajstić information content (AvgIpc) is 3.93. The number of anilines is 1. The van der Waals surface area contributed by atoms with Crippen LogP contribution in [0.25, 0.3) is 82.5 Å². The minimum absolute atomic E-state index is 0.648. The number of hydrogen-bond acceptors (Lipinski definition) is 1. The summed E-state index contributed by atoms with van der Waals surface area (Å²) in [6.45, 7) is 9.48. The van der Waals surface area contributed by atoms with Gasteiger partial charge in [-0.1, -0.05) is 134 Å². The smallest absolute Gasteiger partial charge is 0.0541 e. The SMILES string of the molecule is C=C(/C=C\C(=C/C)N(C/C=C\C(=C/C)n1c2ccccc2c2ccccc21)c1ccc(-n2c3ccccc3c3ccccc32)cc1)n1c2ccccc2c2ccccc21. The summed E-state index contributed by atoms with van der Waals surface area (Å²) in [6.07, 6.45) is 13.3. The molecule has 0 atom stereocenters. The quantitative estimate of drug-likeness (QED) is 0.127. The topological polar surface area (TPSA) is 18.0 Å². The van der Waals surface area contributed by atoms with Crippen molar-refractivity contribution in [2.45, 2.75) is 13.8 Å². The van der Waals surface area contributed by atoms with Crippen molar-refractivity contribution in [1.29, 1.82) is 0 Å². The summed E-state index contributed by atoms with van der Waals surface area (Å²) in [5, 5.41) is 7.47. The van der Waals surface area contributed by atoms with Crippen molar-refractivity contribution < 1.29 is 0 Å². The largest absolute Gasteiger partial charge is 0.338 e. The monoisotopic (exact) mass is 760 g/mol. The van der Waals surface area contributed by atoms with Crippen LogP contribution in [-0.2, 0) is 0 Å². The van der Waals surface area contributed by atoms with E-state index in [1.807, 2.05) is 0 Å². The summed E-state index contributed by atoms with van der Waals surface area (Å²) in [6, 6.07) is 60.8. The molecule has 0 spiro atoms. The Labute approximate surface area is 344 Å². The van der Waals surface area contributed by atoms with Crippen LogP contribution in [0.15, 0.2) is 219 Å². The Morgan fingerprint density at radius 1 is 0.458 bits per heavy atom. The van der Waals surface area contributed by atoms with Crippen molar-refractivity contribution in [2.24, 2.45) is 0 Å². The third-order valence-corrected chi connectivity index (χ3v) is 11.6. The highest BCUT2D eigenvalue weighted by Gasteiger charge is 2.16. The predicted molar refractivity (Wildman–Crippen MR) is 254 cm³/mol. The van der Waals surface area contributed by atoms with E-state index in [4.69, 9.17) is 0 Å². The number of hydrogen-bond donors (Lipinski definition) is 0. The van der Waals surface area contributed by atoms with Gasteiger partial charge in [-0.3, -0.25) is 0 Å². The van der Waals surface area contributed by atoms with Crippen LogP contribution in [0.3, 0.4) is 0 Å². The second-order valence-electron chi connectivity index (χ2n) is 14.9. The van der Waals surface area contributed by atoms with Crippen LogP contribution in [0.1, 0.15) is 13.8 Å². The number of rotatable bonds is 10. The number of para-hydroxylation sites is 6. The molecule has 0 aliphatic heterocycles. The van der Waals surface area contributed by atoms with Gasteiger partial charge >= 0.3 is 0 Å². The first-order valence-corrected chi connectivity index (χ1v) is 20.3. The fourth-order valence-corrected chi connectivity index (χ4v) is 8.95. The minimum Gasteiger partial charge on any atom is -0.338 e. The van der Waals surface area contributed by atoms with Gasteiger partial charge in [0.05, 0.1) is 33.1 Å². The molecule has 0 unspecified atom stereocenters. The Morgan fingerprint density at radius 3 is 1.31 bits per heavy atom. The van der Waals surface area contributed by atoms with Crippen LogP contribution in [0.2, 0.25) is 0 Å². The van der Waals surface area contributed by atoms with Gasteiger partial charge in [0.15, 0.2) is 0 Å². The predicted octanol–water partition coefficient (Wildman–Crippen LogP) is 14.6. The van der Waals surface area contributed by atoms with Crippen LogP contribution in [-0.4, -0.2) is 20.2 Å². The fraction of sp³-hybridized carbons (Fsp3) is 0.0545. The Morgan fingerprint density at radius 2 is 0.864 bits per heavy atom. The minimum atomic E-state index is 0.648. The van der Waals surface area contributed by atoms with Gasteiger partial charge in [-0.2, -0.15) is 0 Å². The molecule has 0 saturated heterocycles. The molecule has 284 valence electrons. The maximum atomic E-state index is 4.60. The lowest BCUT2D eigenvalue weighted by Gasteiger charge is -2.25. The summed E-state index contributed by atoms with van der Waals surface area (Å²) in [4.78, 5) is 2.38. The number of aromatic nitrogens is 3. The van der Waals surface area contributed by atoms with Crippen LogP contribution < -0.4 is 4.90 Å². The molecule has 0 aliphatic rings. The van der Waals surface area contributed by atoms with Gasteiger partial charge in [0.1, 0.15) is 0 Å². The van der Waals surface area contributed by atoms with E-state index in [9.17, 15) is 0 Å². The second kappa shape index (κ2) is 15.1. The zero-order valence-electron chi connectivity index (χ0n) is 33.3. The number of nitrogens with zero attached hydrogens (tertiary/aromatic N) is 4. The molecule has 4 heteroatoms. The van der Waals surface area contributed by atoms with E-state index in [0.717, 1.165) is 39.5 Å². The van der Waals surface area contributed by atoms with Crippen LogP contribution in [0.4, 0.5) is 5.69 Å². The van der Waals surface area contributed by atoms with Gasteiger partial charge < -0.3 is 18.6 Å². The molecule has 0 fully saturated rings. The fourth-order valence-electron chi connectivity index (χ4n) is 8.95. The van der Waals surface area contributed by atoms with E-state index in [0.29, 0.717) is 6.54 Å². The standard InChI is InChI=1S/C55H44N4/c1-4-40(33-32-39(3)57-50-26-12-6-20-44(50)45-21-7-13-27-51(45)57)56(38-18-19-41(5-2)58-52-28-14-8-22-46(52)47-23-9-15-29-53(47)58)42-34-36-43(37-35-42)59-54-30-16-10-24-48(54)49-25-11-17-31-55(49)59/h4-37H,3,38H2,1-2H3/b19-18-,33-32-,40-4+,41-5+. The summed E-state index contributed by atoms with van der Waals surface area (Å²) >= 11 is 0. The maximum Gasteiger partial charge on any atom is 0.0541 e. The number of benzene rings is 7. The number of fused-ring (bicyclic) bond motifs is 9. The lowest BCUT2D eigenvalue weighted by Crippen LogP contribution is -2.21. The van der Waals surface area contributed by atoms with Crippen molar-refractivity contribution in [3.05, 3.63) is 219 Å². The molecular weight excluding hydrogens is 717 g/mol. The normalized spacial score (nSPS) is 12.8. The third-order valence-electron chi connectivity index (χ3n) is 11.6. The van der Waals surface area contributed by atoms with Crippen LogP contribution >= 0.6 is 0 Å². The van der Waals surface area contributed by atoms with Gasteiger partial charge in [0, 0.05) is 67.3 Å². The lowest BCUT2D eigenvalue weighted by atomic mass is 10.2. The van der Waals surface area contributed by atoms with Gasteiger partial charge in [0.25, 0.3) is 0 Å². The molecule has 3 heterocycles. The Balaban J connectivity index is 1.04. The number of allylic oxidation sites excluding steroid dienone is 7. The first-order chi connectivity index (χ1) is 29.1. The van der Waals surface area contributed by atoms with Gasteiger partial charge in [-0.05, 0) is 92.7 Å². The molecular formula is C55H44N4. The van der Waals surface area contributed by atoms with Gasteiger partial charge in [-0.15, -0.1) is 0 Å². The van der Waals surface area contributed by atoms with Crippen molar-refractivity contribution in [2.75, 3.05) is 11.4 Å². The van der Waals surface area contributed by atoms with E-state index in [1.54, 1.807) is 0 Å². The van der Waals surface area contributed by atoms with E-state index in [2.05, 4.69) is 245 Å². The Kier molecular flexibility index (Phi) is 9.15. The second-order valence-corrected chi connectivity index (χ2v) is 14.9. The van der Waals surface area contributed by atoms with E-state index in [-0.39, 0.29) is 0 Å². The van der Waals surface area contributed by atoms with E-state index < -0.39 is 0 Å². The van der Waals surface area contributed by atoms with Gasteiger partial charge in [0.2, 0.25) is 0 Å². The molecule has 4 nitrogen and oxygen atoms in total. The molecule has 3 aromatic heterocycles. The lowest BCUT2D eigenvalue weighted by molar-refractivity contribution is 1.03. The molecule has 59 heavy (non-hydrogen) atoms. The molecule has 7 aromatic carbocycles. The highest BCUT2D eigenvalue weighted by atomic mass is 15.1. The summed E-state index contributed by atoms with van der Waals surface area (Å²) in [5.41, 5.74) is 12.4. The summed E-state index contributed by atoms with van der Waals surface area (Å²) in [5.74, 6) is 0. The average molecular weight is 761 g/mol. The van der Waals surface area contributed by atoms with Gasteiger partial charge in [-0.25, -0.2) is 0 Å². The first-order valence-electron chi connectivity index (χ1n) is 20.3. The summed E-state index contributed by atoms with van der Waals surface area (Å²) in [7, 11) is 0. The first kappa shape index (κ1) is 35.8. The molecule has 0 saturated carbocycles. The molecule has 0 amide bonds. The maximum absolute atomic E-state index is 4.60. The third kappa shape index (κ3) is 6.09. The van der Waals surface area contributed by atoms with E-state index in [1.165, 1.54) is 54.4 Å². The zero-order chi connectivity index (χ0) is 39.9. The van der Waals surface area contributed by atoms with Crippen molar-refractivity contribution in [3.8, 4) is 5.69 Å². The highest BCUT2D eigenvalue weighted by molar-refractivity contribution is 6.12. The Bertz CT molecular complexity index is 3180.